The predicted octanol–water partition coefficient (Wildman–Crippen LogP) is 4.78. The average molecular weight is 466 g/mol. The molecule has 2 aromatic heterocycles. The molecule has 174 valence electrons. The molecule has 6 nitrogen and oxygen atoms in total. The summed E-state index contributed by atoms with van der Waals surface area (Å²) in [6, 6.07) is 8.65. The first-order chi connectivity index (χ1) is 16.2. The van der Waals surface area contributed by atoms with Gasteiger partial charge in [-0.25, -0.2) is 13.8 Å². The Balaban J connectivity index is 1.47. The zero-order chi connectivity index (χ0) is 24.2. The highest BCUT2D eigenvalue weighted by atomic mass is 19.2. The highest BCUT2D eigenvalue weighted by molar-refractivity contribution is 6.09. The van der Waals surface area contributed by atoms with Gasteiger partial charge in [-0.05, 0) is 51.0 Å². The topological polar surface area (TPSA) is 75.2 Å². The minimum Gasteiger partial charge on any atom is -0.324 e. The second kappa shape index (κ2) is 7.93. The van der Waals surface area contributed by atoms with E-state index in [0.717, 1.165) is 6.07 Å². The van der Waals surface area contributed by atoms with Crippen LogP contribution in [0.1, 0.15) is 42.6 Å². The van der Waals surface area contributed by atoms with Crippen LogP contribution in [0, 0.1) is 18.7 Å². The van der Waals surface area contributed by atoms with Crippen molar-refractivity contribution in [3.05, 3.63) is 71.3 Å². The number of halogens is 3. The van der Waals surface area contributed by atoms with Crippen molar-refractivity contribution >= 4 is 23.2 Å². The number of nitrogens with one attached hydrogen (secondary N) is 1. The van der Waals surface area contributed by atoms with Gasteiger partial charge in [0.05, 0.1) is 22.9 Å². The molecule has 3 heterocycles. The smallest absolute Gasteiger partial charge is 0.244 e. The van der Waals surface area contributed by atoms with Gasteiger partial charge in [-0.2, -0.15) is 4.39 Å². The van der Waals surface area contributed by atoms with Crippen LogP contribution in [0.15, 0.2) is 42.6 Å². The highest BCUT2D eigenvalue weighted by Gasteiger charge is 2.46. The van der Waals surface area contributed by atoms with Crippen LogP contribution in [0.2, 0.25) is 0 Å². The lowest BCUT2D eigenvalue weighted by molar-refractivity contribution is -0.122. The van der Waals surface area contributed by atoms with Gasteiger partial charge in [0, 0.05) is 28.7 Å². The van der Waals surface area contributed by atoms with Crippen molar-refractivity contribution in [3.63, 3.8) is 0 Å². The van der Waals surface area contributed by atoms with Crippen molar-refractivity contribution in [2.24, 2.45) is 0 Å². The maximum Gasteiger partial charge on any atom is 0.244 e. The number of carbonyl (C=O) groups is 2. The zero-order valence-corrected chi connectivity index (χ0v) is 18.5. The second-order valence-electron chi connectivity index (χ2n) is 8.74. The Hall–Kier alpha value is -3.75. The number of nitrogens with zero attached hydrogens (tertiary/aromatic N) is 3. The number of aromatic nitrogens is 2. The van der Waals surface area contributed by atoms with E-state index in [1.807, 2.05) is 0 Å². The molecule has 3 aromatic rings. The summed E-state index contributed by atoms with van der Waals surface area (Å²) < 4.78 is 43.6. The molecule has 0 unspecified atom stereocenters. The average Bonchev–Trinajstić information content (AvgIpc) is 3.54. The van der Waals surface area contributed by atoms with Crippen LogP contribution in [0.4, 0.5) is 24.5 Å². The largest absolute Gasteiger partial charge is 0.324 e. The Morgan fingerprint density at radius 3 is 2.71 bits per heavy atom. The fraction of sp³-hybridized carbons (Fsp3) is 0.280. The maximum atomic E-state index is 15.0. The van der Waals surface area contributed by atoms with E-state index in [4.69, 9.17) is 0 Å². The number of carbonyl (C=O) groups excluding carboxylic acids is 2. The quantitative estimate of drug-likeness (QED) is 0.562. The van der Waals surface area contributed by atoms with E-state index >= 15 is 4.39 Å². The number of pyridine rings is 2. The molecule has 2 amide bonds. The minimum absolute atomic E-state index is 0.0281. The molecule has 2 aliphatic rings. The van der Waals surface area contributed by atoms with E-state index in [0.29, 0.717) is 17.0 Å². The Morgan fingerprint density at radius 1 is 1.24 bits per heavy atom. The third kappa shape index (κ3) is 3.70. The molecule has 0 spiro atoms. The van der Waals surface area contributed by atoms with Crippen molar-refractivity contribution in [1.29, 1.82) is 0 Å². The molecule has 1 fully saturated rings. The van der Waals surface area contributed by atoms with Crippen LogP contribution in [-0.4, -0.2) is 28.3 Å². The molecule has 0 saturated heterocycles. The lowest BCUT2D eigenvalue weighted by Gasteiger charge is -2.24. The molecule has 1 saturated carbocycles. The van der Waals surface area contributed by atoms with Gasteiger partial charge < -0.3 is 10.2 Å². The first-order valence-electron chi connectivity index (χ1n) is 10.9. The lowest BCUT2D eigenvalue weighted by atomic mass is 9.98. The van der Waals surface area contributed by atoms with Gasteiger partial charge in [0.25, 0.3) is 0 Å². The number of benzene rings is 1. The van der Waals surface area contributed by atoms with Crippen LogP contribution in [0.5, 0.6) is 0 Å². The van der Waals surface area contributed by atoms with E-state index in [-0.39, 0.29) is 35.3 Å². The summed E-state index contributed by atoms with van der Waals surface area (Å²) in [5.74, 6) is -3.31. The van der Waals surface area contributed by atoms with E-state index in [1.54, 1.807) is 32.0 Å². The number of rotatable bonds is 4. The van der Waals surface area contributed by atoms with Crippen molar-refractivity contribution in [1.82, 2.24) is 9.97 Å². The summed E-state index contributed by atoms with van der Waals surface area (Å²) in [7, 11) is 0. The van der Waals surface area contributed by atoms with Crippen molar-refractivity contribution in [2.45, 2.75) is 38.3 Å². The fourth-order valence-electron chi connectivity index (χ4n) is 4.37. The van der Waals surface area contributed by atoms with Crippen molar-refractivity contribution < 1.29 is 22.8 Å². The Bertz CT molecular complexity index is 1340. The van der Waals surface area contributed by atoms with Crippen molar-refractivity contribution in [3.8, 4) is 11.1 Å². The van der Waals surface area contributed by atoms with Gasteiger partial charge in [0.15, 0.2) is 0 Å². The van der Waals surface area contributed by atoms with E-state index in [2.05, 4.69) is 15.3 Å². The Morgan fingerprint density at radius 2 is 2.00 bits per heavy atom. The number of fused-ring (bicyclic) bond motifs is 3. The third-order valence-electron chi connectivity index (χ3n) is 6.25. The van der Waals surface area contributed by atoms with Crippen LogP contribution in [-0.2, 0) is 15.3 Å². The Kier molecular flexibility index (Phi) is 5.15. The summed E-state index contributed by atoms with van der Waals surface area (Å²) in [5, 5.41) is 2.55. The lowest BCUT2D eigenvalue weighted by Crippen LogP contribution is -2.40. The zero-order valence-electron chi connectivity index (χ0n) is 18.5. The molecule has 1 atom stereocenters. The molecule has 5 rings (SSSR count). The number of hydrogen-bond donors (Lipinski definition) is 1. The van der Waals surface area contributed by atoms with E-state index in [1.165, 1.54) is 23.2 Å². The van der Waals surface area contributed by atoms with Gasteiger partial charge >= 0.3 is 0 Å². The van der Waals surface area contributed by atoms with Gasteiger partial charge in [-0.1, -0.05) is 12.1 Å². The van der Waals surface area contributed by atoms with Gasteiger partial charge in [0.1, 0.15) is 18.0 Å². The van der Waals surface area contributed by atoms with Crippen LogP contribution in [0.3, 0.4) is 0 Å². The second-order valence-corrected chi connectivity index (χ2v) is 8.74. The van der Waals surface area contributed by atoms with E-state index < -0.39 is 41.7 Å². The maximum absolute atomic E-state index is 15.0. The number of hydrogen-bond acceptors (Lipinski definition) is 4. The number of alkyl halides is 1. The van der Waals surface area contributed by atoms with Crippen molar-refractivity contribution in [2.75, 3.05) is 16.8 Å². The molecule has 0 radical (unpaired) electrons. The Labute approximate surface area is 193 Å². The minimum atomic E-state index is -1.63. The predicted molar refractivity (Wildman–Crippen MR) is 120 cm³/mol. The van der Waals surface area contributed by atoms with Crippen LogP contribution < -0.4 is 10.2 Å². The molecule has 1 aromatic carbocycles. The number of amides is 2. The molecule has 34 heavy (non-hydrogen) atoms. The summed E-state index contributed by atoms with van der Waals surface area (Å²) in [6.45, 7) is 2.79. The first kappa shape index (κ1) is 22.1. The summed E-state index contributed by atoms with van der Waals surface area (Å²) >= 11 is 0. The SMILES string of the molecule is Cc1cc2c(c(F)n1)-c1cccnc1[C@@H](C)C(=O)N2CC(=O)Nc1ccc(C2(F)CC2)c(F)c1. The van der Waals surface area contributed by atoms with Crippen LogP contribution >= 0.6 is 0 Å². The molecule has 1 aliphatic carbocycles. The highest BCUT2D eigenvalue weighted by Crippen LogP contribution is 2.50. The van der Waals surface area contributed by atoms with Gasteiger partial charge in [-0.3, -0.25) is 14.6 Å². The van der Waals surface area contributed by atoms with Gasteiger partial charge in [0.2, 0.25) is 17.8 Å². The summed E-state index contributed by atoms with van der Waals surface area (Å²) in [6.07, 6.45) is 2.06. The molecular formula is C25H21F3N4O2. The normalized spacial score (nSPS) is 18.1. The first-order valence-corrected chi connectivity index (χ1v) is 10.9. The molecule has 9 heteroatoms. The monoisotopic (exact) mass is 466 g/mol. The molecule has 1 N–H and O–H groups in total. The summed E-state index contributed by atoms with van der Waals surface area (Å²) in [5.41, 5.74) is -0.0711. The number of aryl methyl sites for hydroxylation is 1. The third-order valence-corrected chi connectivity index (χ3v) is 6.25. The molecule has 0 bridgehead atoms. The van der Waals surface area contributed by atoms with E-state index in [9.17, 15) is 18.4 Å². The fourth-order valence-corrected chi connectivity index (χ4v) is 4.37. The molecule has 1 aliphatic heterocycles. The molecular weight excluding hydrogens is 445 g/mol. The van der Waals surface area contributed by atoms with Gasteiger partial charge in [-0.15, -0.1) is 0 Å². The number of anilines is 2. The standard InChI is InChI=1S/C25H21F3N4O2/c1-13-10-19-21(23(27)30-13)16-4-3-9-29-22(16)14(2)24(34)32(19)12-20(33)31-15-5-6-17(18(26)11-15)25(28)7-8-25/h3-6,9-11,14H,7-8,12H2,1-2H3,(H,31,33)/t14-/m1/s1. The summed E-state index contributed by atoms with van der Waals surface area (Å²) in [4.78, 5) is 35.6. The van der Waals surface area contributed by atoms with Crippen LogP contribution in [0.25, 0.3) is 11.1 Å².